The lowest BCUT2D eigenvalue weighted by Gasteiger charge is -2.27. The first-order valence-corrected chi connectivity index (χ1v) is 11.6. The van der Waals surface area contributed by atoms with E-state index in [1.165, 1.54) is 19.3 Å². The molecule has 0 N–H and O–H groups in total. The number of benzene rings is 1. The standard InChI is InChI=1S/C21H29N3O2S/c1-16(2)15-27(25,26)21-22-11-20(14-23-12-18-8-9-19(23)10-18)24(21)13-17-6-4-3-5-7-17/h3-7,11,16,18-19H,8-10,12-15H2,1-2H3/t18-,19-/m1/s1. The van der Waals surface area contributed by atoms with Crippen molar-refractivity contribution in [1.82, 2.24) is 14.5 Å². The van der Waals surface area contributed by atoms with Gasteiger partial charge in [-0.15, -0.1) is 0 Å². The largest absolute Gasteiger partial charge is 0.313 e. The highest BCUT2D eigenvalue weighted by atomic mass is 32.2. The molecule has 2 heterocycles. The van der Waals surface area contributed by atoms with Crippen molar-refractivity contribution in [2.45, 2.75) is 57.4 Å². The Bertz CT molecular complexity index is 889. The Morgan fingerprint density at radius 1 is 1.15 bits per heavy atom. The lowest BCUT2D eigenvalue weighted by atomic mass is 10.1. The lowest BCUT2D eigenvalue weighted by Crippen LogP contribution is -2.32. The van der Waals surface area contributed by atoms with E-state index < -0.39 is 9.84 Å². The highest BCUT2D eigenvalue weighted by molar-refractivity contribution is 7.91. The zero-order valence-corrected chi connectivity index (χ0v) is 17.0. The summed E-state index contributed by atoms with van der Waals surface area (Å²) in [5, 5.41) is 0.222. The Morgan fingerprint density at radius 2 is 1.93 bits per heavy atom. The molecule has 1 saturated heterocycles. The van der Waals surface area contributed by atoms with Crippen molar-refractivity contribution in [2.24, 2.45) is 11.8 Å². The van der Waals surface area contributed by atoms with Crippen LogP contribution in [-0.2, 0) is 22.9 Å². The zero-order valence-electron chi connectivity index (χ0n) is 16.2. The van der Waals surface area contributed by atoms with Crippen LogP contribution in [0.5, 0.6) is 0 Å². The van der Waals surface area contributed by atoms with Gasteiger partial charge in [-0.3, -0.25) is 4.90 Å². The van der Waals surface area contributed by atoms with Crippen LogP contribution in [-0.4, -0.2) is 41.2 Å². The van der Waals surface area contributed by atoms with Gasteiger partial charge in [-0.1, -0.05) is 44.2 Å². The predicted octanol–water partition coefficient (Wildman–Crippen LogP) is 3.35. The molecule has 4 rings (SSSR count). The summed E-state index contributed by atoms with van der Waals surface area (Å²) in [6.45, 7) is 6.34. The number of hydrogen-bond donors (Lipinski definition) is 0. The fourth-order valence-corrected chi connectivity index (χ4v) is 6.40. The van der Waals surface area contributed by atoms with Gasteiger partial charge in [0.15, 0.2) is 0 Å². The molecule has 1 aromatic heterocycles. The van der Waals surface area contributed by atoms with Gasteiger partial charge in [0.1, 0.15) is 0 Å². The van der Waals surface area contributed by atoms with Crippen LogP contribution in [0, 0.1) is 11.8 Å². The minimum absolute atomic E-state index is 0.0784. The van der Waals surface area contributed by atoms with Crippen molar-refractivity contribution >= 4 is 9.84 Å². The molecule has 1 aliphatic heterocycles. The van der Waals surface area contributed by atoms with Crippen molar-refractivity contribution < 1.29 is 8.42 Å². The van der Waals surface area contributed by atoms with Crippen LogP contribution in [0.3, 0.4) is 0 Å². The quantitative estimate of drug-likeness (QED) is 0.731. The van der Waals surface area contributed by atoms with E-state index >= 15 is 0 Å². The minimum atomic E-state index is -3.40. The average Bonchev–Trinajstić information content (AvgIpc) is 3.31. The number of rotatable bonds is 7. The van der Waals surface area contributed by atoms with E-state index in [-0.39, 0.29) is 16.8 Å². The first-order chi connectivity index (χ1) is 12.9. The molecule has 27 heavy (non-hydrogen) atoms. The number of nitrogens with zero attached hydrogens (tertiary/aromatic N) is 3. The third-order valence-electron chi connectivity index (χ3n) is 5.80. The smallest absolute Gasteiger partial charge is 0.228 e. The molecule has 2 aliphatic rings. The first-order valence-electron chi connectivity index (χ1n) is 9.97. The molecule has 6 heteroatoms. The Labute approximate surface area is 162 Å². The van der Waals surface area contributed by atoms with Crippen molar-refractivity contribution in [3.63, 3.8) is 0 Å². The first kappa shape index (κ1) is 18.7. The number of hydrogen-bond acceptors (Lipinski definition) is 4. The van der Waals surface area contributed by atoms with Crippen LogP contribution >= 0.6 is 0 Å². The van der Waals surface area contributed by atoms with E-state index in [0.29, 0.717) is 12.6 Å². The molecular weight excluding hydrogens is 358 g/mol. The molecule has 146 valence electrons. The van der Waals surface area contributed by atoms with E-state index in [1.54, 1.807) is 6.20 Å². The van der Waals surface area contributed by atoms with E-state index in [9.17, 15) is 8.42 Å². The summed E-state index contributed by atoms with van der Waals surface area (Å²) in [6.07, 6.45) is 5.70. The molecule has 0 spiro atoms. The maximum absolute atomic E-state index is 12.9. The molecule has 1 saturated carbocycles. The van der Waals surface area contributed by atoms with Gasteiger partial charge in [0.25, 0.3) is 0 Å². The topological polar surface area (TPSA) is 55.2 Å². The monoisotopic (exact) mass is 387 g/mol. The van der Waals surface area contributed by atoms with E-state index in [0.717, 1.165) is 30.3 Å². The second kappa shape index (κ2) is 7.40. The maximum Gasteiger partial charge on any atom is 0.228 e. The zero-order chi connectivity index (χ0) is 19.0. The summed E-state index contributed by atoms with van der Waals surface area (Å²) in [5.74, 6) is 1.03. The normalized spacial score (nSPS) is 22.8. The van der Waals surface area contributed by atoms with Gasteiger partial charge in [-0.25, -0.2) is 13.4 Å². The van der Waals surface area contributed by atoms with Crippen LogP contribution < -0.4 is 0 Å². The fraction of sp³-hybridized carbons (Fsp3) is 0.571. The predicted molar refractivity (Wildman–Crippen MR) is 106 cm³/mol. The molecular formula is C21H29N3O2S. The number of likely N-dealkylation sites (tertiary alicyclic amines) is 1. The summed E-state index contributed by atoms with van der Waals surface area (Å²) in [4.78, 5) is 6.91. The molecule has 0 unspecified atom stereocenters. The van der Waals surface area contributed by atoms with Crippen molar-refractivity contribution in [3.8, 4) is 0 Å². The van der Waals surface area contributed by atoms with Gasteiger partial charge < -0.3 is 4.57 Å². The summed E-state index contributed by atoms with van der Waals surface area (Å²) < 4.78 is 27.8. The van der Waals surface area contributed by atoms with Crippen molar-refractivity contribution in [3.05, 3.63) is 47.8 Å². The van der Waals surface area contributed by atoms with Gasteiger partial charge in [0, 0.05) is 19.1 Å². The fourth-order valence-electron chi connectivity index (χ4n) is 4.64. The third kappa shape index (κ3) is 3.97. The van der Waals surface area contributed by atoms with Gasteiger partial charge in [0.2, 0.25) is 15.0 Å². The second-order valence-electron chi connectivity index (χ2n) is 8.54. The number of piperidine rings is 1. The summed E-state index contributed by atoms with van der Waals surface area (Å²) in [5.41, 5.74) is 2.11. The number of fused-ring (bicyclic) bond motifs is 2. The summed E-state index contributed by atoms with van der Waals surface area (Å²) in [7, 11) is -3.40. The Balaban J connectivity index is 1.66. The van der Waals surface area contributed by atoms with Gasteiger partial charge in [0.05, 0.1) is 24.2 Å². The molecule has 2 atom stereocenters. The number of aromatic nitrogens is 2. The molecule has 2 aromatic rings. The van der Waals surface area contributed by atoms with Crippen LogP contribution in [0.2, 0.25) is 0 Å². The third-order valence-corrected chi connectivity index (χ3v) is 7.79. The Kier molecular flexibility index (Phi) is 5.12. The molecule has 1 aromatic carbocycles. The second-order valence-corrected chi connectivity index (χ2v) is 10.5. The molecule has 0 radical (unpaired) electrons. The number of sulfone groups is 1. The van der Waals surface area contributed by atoms with Crippen LogP contribution in [0.4, 0.5) is 0 Å². The van der Waals surface area contributed by atoms with Crippen LogP contribution in [0.15, 0.2) is 41.7 Å². The van der Waals surface area contributed by atoms with E-state index in [4.69, 9.17) is 0 Å². The van der Waals surface area contributed by atoms with Crippen LogP contribution in [0.1, 0.15) is 44.4 Å². The van der Waals surface area contributed by atoms with E-state index in [2.05, 4.69) is 9.88 Å². The van der Waals surface area contributed by atoms with Gasteiger partial charge in [-0.05, 0) is 36.7 Å². The van der Waals surface area contributed by atoms with Crippen LogP contribution in [0.25, 0.3) is 0 Å². The van der Waals surface area contributed by atoms with Crippen molar-refractivity contribution in [1.29, 1.82) is 0 Å². The SMILES string of the molecule is CC(C)CS(=O)(=O)c1ncc(CN2C[C@@H]3CC[C@@H]2C3)n1Cc1ccccc1. The summed E-state index contributed by atoms with van der Waals surface area (Å²) >= 11 is 0. The van der Waals surface area contributed by atoms with Gasteiger partial charge >= 0.3 is 0 Å². The van der Waals surface area contributed by atoms with E-state index in [1.807, 2.05) is 48.7 Å². The highest BCUT2D eigenvalue weighted by Crippen LogP contribution is 2.38. The average molecular weight is 388 g/mol. The summed E-state index contributed by atoms with van der Waals surface area (Å²) in [6, 6.07) is 10.7. The molecule has 5 nitrogen and oxygen atoms in total. The molecule has 0 amide bonds. The molecule has 2 bridgehead atoms. The Hall–Kier alpha value is -1.66. The minimum Gasteiger partial charge on any atom is -0.313 e. The highest BCUT2D eigenvalue weighted by Gasteiger charge is 2.38. The van der Waals surface area contributed by atoms with Crippen molar-refractivity contribution in [2.75, 3.05) is 12.3 Å². The number of imidazole rings is 1. The molecule has 1 aliphatic carbocycles. The van der Waals surface area contributed by atoms with Gasteiger partial charge in [-0.2, -0.15) is 0 Å². The lowest BCUT2D eigenvalue weighted by molar-refractivity contribution is 0.200. The maximum atomic E-state index is 12.9. The molecule has 2 fully saturated rings. The Morgan fingerprint density at radius 3 is 2.56 bits per heavy atom.